The van der Waals surface area contributed by atoms with Gasteiger partial charge in [-0.1, -0.05) is 24.3 Å². The maximum atomic E-state index is 14.6. The summed E-state index contributed by atoms with van der Waals surface area (Å²) in [5, 5.41) is 3.18. The van der Waals surface area contributed by atoms with Crippen LogP contribution in [0.2, 0.25) is 0 Å². The first kappa shape index (κ1) is 22.7. The molecule has 2 N–H and O–H groups in total. The largest absolute Gasteiger partial charge is 0.314 e. The highest BCUT2D eigenvalue weighted by Gasteiger charge is 2.37. The zero-order valence-electron chi connectivity index (χ0n) is 14.8. The third-order valence-corrected chi connectivity index (χ3v) is 5.80. The van der Waals surface area contributed by atoms with Crippen LogP contribution < -0.4 is 5.32 Å². The summed E-state index contributed by atoms with van der Waals surface area (Å²) < 4.78 is 74.7. The van der Waals surface area contributed by atoms with Crippen molar-refractivity contribution in [1.29, 1.82) is 0 Å². The maximum absolute atomic E-state index is 14.6. The van der Waals surface area contributed by atoms with E-state index < -0.39 is 45.2 Å². The van der Waals surface area contributed by atoms with Gasteiger partial charge in [0.15, 0.2) is 11.6 Å². The smallest absolute Gasteiger partial charge is 0.265 e. The molecule has 0 spiro atoms. The van der Waals surface area contributed by atoms with Crippen molar-refractivity contribution in [2.45, 2.75) is 24.8 Å². The van der Waals surface area contributed by atoms with Crippen LogP contribution in [-0.4, -0.2) is 31.3 Å². The highest BCUT2D eigenvalue weighted by Crippen LogP contribution is 2.38. The first-order valence-corrected chi connectivity index (χ1v) is 10.2. The van der Waals surface area contributed by atoms with Gasteiger partial charge in [-0.05, 0) is 48.7 Å². The van der Waals surface area contributed by atoms with Gasteiger partial charge in [-0.2, -0.15) is 8.42 Å². The number of rotatable bonds is 6. The van der Waals surface area contributed by atoms with E-state index in [1.165, 1.54) is 36.4 Å². The molecule has 154 valence electrons. The number of hydrogen-bond donors (Lipinski definition) is 2. The van der Waals surface area contributed by atoms with Gasteiger partial charge in [-0.15, -0.1) is 12.4 Å². The Balaban J connectivity index is 0.00000280. The van der Waals surface area contributed by atoms with Crippen molar-refractivity contribution in [1.82, 2.24) is 5.32 Å². The predicted octanol–water partition coefficient (Wildman–Crippen LogP) is 3.91. The molecule has 4 nitrogen and oxygen atoms in total. The molecule has 0 radical (unpaired) electrons. The van der Waals surface area contributed by atoms with Crippen molar-refractivity contribution in [2.24, 2.45) is 5.92 Å². The number of hydrogen-bond acceptors (Lipinski definition) is 3. The zero-order chi connectivity index (χ0) is 19.6. The van der Waals surface area contributed by atoms with E-state index in [1.807, 2.05) is 0 Å². The zero-order valence-corrected chi connectivity index (χ0v) is 16.4. The van der Waals surface area contributed by atoms with E-state index in [0.29, 0.717) is 18.5 Å². The molecule has 2 aromatic rings. The molecule has 1 aliphatic rings. The van der Waals surface area contributed by atoms with Crippen LogP contribution in [0.4, 0.5) is 13.2 Å². The predicted molar refractivity (Wildman–Crippen MR) is 103 cm³/mol. The summed E-state index contributed by atoms with van der Waals surface area (Å²) in [7, 11) is -4.38. The molecule has 9 heteroatoms. The lowest BCUT2D eigenvalue weighted by molar-refractivity contribution is 0.360. The molecule has 0 aliphatic carbocycles. The van der Waals surface area contributed by atoms with Crippen molar-refractivity contribution in [3.63, 3.8) is 0 Å². The van der Waals surface area contributed by atoms with Crippen LogP contribution >= 0.6 is 12.4 Å². The molecule has 0 amide bonds. The summed E-state index contributed by atoms with van der Waals surface area (Å²) >= 11 is 0. The van der Waals surface area contributed by atoms with Crippen LogP contribution in [0.1, 0.15) is 29.9 Å². The fourth-order valence-electron chi connectivity index (χ4n) is 3.85. The van der Waals surface area contributed by atoms with Gasteiger partial charge in [0.25, 0.3) is 10.1 Å². The molecule has 1 fully saturated rings. The molecule has 3 rings (SSSR count). The first-order chi connectivity index (χ1) is 12.8. The normalized spacial score (nSPS) is 19.1. The highest BCUT2D eigenvalue weighted by atomic mass is 35.5. The summed E-state index contributed by atoms with van der Waals surface area (Å²) in [6.45, 7) is 0.661. The Labute approximate surface area is 168 Å². The summed E-state index contributed by atoms with van der Waals surface area (Å²) in [5.74, 6) is -4.89. The number of halogens is 4. The fourth-order valence-corrected chi connectivity index (χ4v) is 4.76. The summed E-state index contributed by atoms with van der Waals surface area (Å²) in [4.78, 5) is 0. The fraction of sp³-hybridized carbons (Fsp3) is 0.368. The average molecular weight is 436 g/mol. The summed E-state index contributed by atoms with van der Waals surface area (Å²) in [6, 6.07) is 8.62. The molecule has 2 aromatic carbocycles. The van der Waals surface area contributed by atoms with E-state index in [0.717, 1.165) is 12.5 Å². The van der Waals surface area contributed by atoms with Crippen LogP contribution in [-0.2, 0) is 10.1 Å². The average Bonchev–Trinajstić information content (AvgIpc) is 3.13. The van der Waals surface area contributed by atoms with Crippen molar-refractivity contribution in [2.75, 3.05) is 12.3 Å². The molecule has 1 heterocycles. The van der Waals surface area contributed by atoms with Gasteiger partial charge in [0.1, 0.15) is 5.82 Å². The lowest BCUT2D eigenvalue weighted by atomic mass is 9.77. The lowest BCUT2D eigenvalue weighted by Crippen LogP contribution is -2.39. The van der Waals surface area contributed by atoms with E-state index in [2.05, 4.69) is 5.32 Å². The number of benzene rings is 2. The topological polar surface area (TPSA) is 66.4 Å². The van der Waals surface area contributed by atoms with Crippen LogP contribution in [0.25, 0.3) is 0 Å². The Morgan fingerprint density at radius 2 is 1.79 bits per heavy atom. The lowest BCUT2D eigenvalue weighted by Gasteiger charge is -2.32. The standard InChI is InChI=1S/C19H20F3NO3S.ClH/c20-13-8-6-12(7-9-13)18(14-3-1-4-16(21)19(14)22)15(11-27(24,25)26)17-5-2-10-23-17;/h1,3-4,6-9,15,17-18,23H,2,5,10-11H2,(H,24,25,26);1H/t15-,17+,18+;/m0./s1. The summed E-state index contributed by atoms with van der Waals surface area (Å²) in [5.41, 5.74) is 0.423. The molecule has 0 aromatic heterocycles. The Kier molecular flexibility index (Phi) is 7.50. The minimum absolute atomic E-state index is 0. The first-order valence-electron chi connectivity index (χ1n) is 8.64. The molecule has 3 atom stereocenters. The minimum Gasteiger partial charge on any atom is -0.314 e. The van der Waals surface area contributed by atoms with Crippen LogP contribution in [0.5, 0.6) is 0 Å². The van der Waals surface area contributed by atoms with Crippen LogP contribution in [0, 0.1) is 23.4 Å². The van der Waals surface area contributed by atoms with Crippen molar-refractivity contribution in [3.8, 4) is 0 Å². The van der Waals surface area contributed by atoms with E-state index in [4.69, 9.17) is 0 Å². The van der Waals surface area contributed by atoms with Crippen LogP contribution in [0.3, 0.4) is 0 Å². The Morgan fingerprint density at radius 1 is 1.11 bits per heavy atom. The van der Waals surface area contributed by atoms with E-state index in [1.54, 1.807) is 0 Å². The molecular formula is C19H21ClF3NO3S. The minimum atomic E-state index is -4.38. The van der Waals surface area contributed by atoms with Gasteiger partial charge < -0.3 is 5.32 Å². The van der Waals surface area contributed by atoms with Crippen molar-refractivity contribution in [3.05, 3.63) is 71.0 Å². The monoisotopic (exact) mass is 435 g/mol. The van der Waals surface area contributed by atoms with E-state index in [9.17, 15) is 26.1 Å². The quantitative estimate of drug-likeness (QED) is 0.675. The van der Waals surface area contributed by atoms with Gasteiger partial charge in [-0.25, -0.2) is 13.2 Å². The van der Waals surface area contributed by atoms with E-state index >= 15 is 0 Å². The molecule has 0 bridgehead atoms. The third-order valence-electron chi connectivity index (χ3n) is 4.99. The SMILES string of the molecule is Cl.O=S(=O)(O)C[C@H]([C@H](c1ccc(F)cc1)c1cccc(F)c1F)[C@H]1CCCN1. The molecule has 28 heavy (non-hydrogen) atoms. The molecular weight excluding hydrogens is 415 g/mol. The second-order valence-corrected chi connectivity index (χ2v) is 8.28. The van der Waals surface area contributed by atoms with Gasteiger partial charge in [0.2, 0.25) is 0 Å². The Morgan fingerprint density at radius 3 is 2.36 bits per heavy atom. The van der Waals surface area contributed by atoms with E-state index in [-0.39, 0.29) is 24.0 Å². The summed E-state index contributed by atoms with van der Waals surface area (Å²) in [6.07, 6.45) is 1.43. The van der Waals surface area contributed by atoms with Crippen LogP contribution in [0.15, 0.2) is 42.5 Å². The number of nitrogens with one attached hydrogen (secondary N) is 1. The van der Waals surface area contributed by atoms with Gasteiger partial charge in [0, 0.05) is 17.9 Å². The Hall–Kier alpha value is -1.61. The molecule has 0 saturated carbocycles. The second-order valence-electron chi connectivity index (χ2n) is 6.79. The molecule has 1 aliphatic heterocycles. The van der Waals surface area contributed by atoms with Gasteiger partial charge in [-0.3, -0.25) is 4.55 Å². The second kappa shape index (κ2) is 9.26. The highest BCUT2D eigenvalue weighted by molar-refractivity contribution is 7.85. The van der Waals surface area contributed by atoms with Crippen molar-refractivity contribution < 1.29 is 26.1 Å². The van der Waals surface area contributed by atoms with Gasteiger partial charge in [0.05, 0.1) is 5.75 Å². The molecule has 1 saturated heterocycles. The van der Waals surface area contributed by atoms with Crippen molar-refractivity contribution >= 4 is 22.5 Å². The van der Waals surface area contributed by atoms with Gasteiger partial charge >= 0.3 is 0 Å². The Bertz CT molecular complexity index is 903. The molecule has 0 unspecified atom stereocenters. The third kappa shape index (κ3) is 5.26. The maximum Gasteiger partial charge on any atom is 0.265 e.